The molecule has 1 aliphatic rings. The molecule has 8 nitrogen and oxygen atoms in total. The number of allylic oxidation sites excluding steroid dienone is 2. The maximum atomic E-state index is 13.1. The number of carbonyl (C=O) groups excluding carboxylic acids is 3. The van der Waals surface area contributed by atoms with Crippen LogP contribution in [-0.2, 0) is 25.7 Å². The Bertz CT molecular complexity index is 909. The number of halogens is 1. The van der Waals surface area contributed by atoms with Crippen LogP contribution in [0.4, 0.5) is 4.39 Å². The summed E-state index contributed by atoms with van der Waals surface area (Å²) >= 11 is 0. The van der Waals surface area contributed by atoms with Crippen molar-refractivity contribution in [3.8, 4) is 0 Å². The summed E-state index contributed by atoms with van der Waals surface area (Å²) in [5, 5.41) is 12.8. The van der Waals surface area contributed by atoms with Crippen molar-refractivity contribution in [3.05, 3.63) is 58.9 Å². The van der Waals surface area contributed by atoms with Gasteiger partial charge in [0.05, 0.1) is 6.61 Å². The first kappa shape index (κ1) is 26.2. The molecule has 0 radical (unpaired) electrons. The fraction of sp³-hybridized carbons (Fsp3) is 0.458. The third-order valence-electron chi connectivity index (χ3n) is 6.17. The lowest BCUT2D eigenvalue weighted by Crippen LogP contribution is -2.50. The molecule has 0 aliphatic heterocycles. The van der Waals surface area contributed by atoms with Gasteiger partial charge >= 0.3 is 0 Å². The highest BCUT2D eigenvalue weighted by atomic mass is 19.1. The van der Waals surface area contributed by atoms with Crippen LogP contribution in [0, 0.1) is 5.82 Å². The van der Waals surface area contributed by atoms with E-state index < -0.39 is 11.7 Å². The molecule has 1 aromatic rings. The topological polar surface area (TPSA) is 99.2 Å². The molecule has 1 aliphatic carbocycles. The van der Waals surface area contributed by atoms with Gasteiger partial charge in [0.25, 0.3) is 0 Å². The SMILES string of the molecule is COCCN(C)C1([C@H](C)N(/C=C(\C)C(=O)NCc2ccc(F)cc2)/C(C=O)=C(/O)C=O)CC1. The number of aliphatic hydroxyl groups excluding tert-OH is 1. The van der Waals surface area contributed by atoms with E-state index in [0.717, 1.165) is 18.4 Å². The molecule has 0 saturated heterocycles. The van der Waals surface area contributed by atoms with Gasteiger partial charge in [-0.3, -0.25) is 19.3 Å². The Kier molecular flexibility index (Phi) is 9.31. The summed E-state index contributed by atoms with van der Waals surface area (Å²) in [7, 11) is 3.58. The normalized spacial score (nSPS) is 16.6. The Morgan fingerprint density at radius 2 is 1.91 bits per heavy atom. The Hall–Kier alpha value is -3.04. The zero-order valence-electron chi connectivity index (χ0n) is 19.5. The van der Waals surface area contributed by atoms with Gasteiger partial charge in [0.2, 0.25) is 5.91 Å². The average Bonchev–Trinajstić information content (AvgIpc) is 3.63. The molecule has 1 fully saturated rings. The lowest BCUT2D eigenvalue weighted by atomic mass is 10.0. The van der Waals surface area contributed by atoms with Gasteiger partial charge in [-0.1, -0.05) is 12.1 Å². The molecule has 0 unspecified atom stereocenters. The molecule has 2 N–H and O–H groups in total. The number of aldehydes is 2. The number of methoxy groups -OCH3 is 1. The van der Waals surface area contributed by atoms with E-state index in [-0.39, 0.29) is 41.5 Å². The second kappa shape index (κ2) is 11.7. The molecule has 0 bridgehead atoms. The fourth-order valence-electron chi connectivity index (χ4n) is 3.85. The van der Waals surface area contributed by atoms with Crippen molar-refractivity contribution in [2.45, 2.75) is 44.8 Å². The van der Waals surface area contributed by atoms with Crippen LogP contribution in [0.3, 0.4) is 0 Å². The smallest absolute Gasteiger partial charge is 0.248 e. The van der Waals surface area contributed by atoms with Crippen molar-refractivity contribution in [1.29, 1.82) is 0 Å². The first-order chi connectivity index (χ1) is 15.7. The first-order valence-corrected chi connectivity index (χ1v) is 10.7. The minimum absolute atomic E-state index is 0.194. The van der Waals surface area contributed by atoms with Crippen LogP contribution in [0.5, 0.6) is 0 Å². The van der Waals surface area contributed by atoms with Gasteiger partial charge in [-0.25, -0.2) is 4.39 Å². The second-order valence-electron chi connectivity index (χ2n) is 8.23. The summed E-state index contributed by atoms with van der Waals surface area (Å²) < 4.78 is 18.2. The molecular weight excluding hydrogens is 429 g/mol. The Labute approximate surface area is 193 Å². The van der Waals surface area contributed by atoms with Gasteiger partial charge in [0, 0.05) is 43.6 Å². The minimum atomic E-state index is -0.706. The number of benzene rings is 1. The summed E-state index contributed by atoms with van der Waals surface area (Å²) in [4.78, 5) is 39.4. The molecule has 2 rings (SSSR count). The van der Waals surface area contributed by atoms with Crippen molar-refractivity contribution >= 4 is 18.5 Å². The number of carbonyl (C=O) groups is 3. The number of amides is 1. The summed E-state index contributed by atoms with van der Waals surface area (Å²) in [5.41, 5.74) is 0.482. The largest absolute Gasteiger partial charge is 0.503 e. The van der Waals surface area contributed by atoms with E-state index in [1.165, 1.54) is 23.2 Å². The number of aliphatic hydroxyl groups is 1. The van der Waals surface area contributed by atoms with Crippen molar-refractivity contribution in [2.24, 2.45) is 0 Å². The van der Waals surface area contributed by atoms with Crippen LogP contribution in [0.2, 0.25) is 0 Å². The van der Waals surface area contributed by atoms with Crippen LogP contribution < -0.4 is 5.32 Å². The Morgan fingerprint density at radius 3 is 2.42 bits per heavy atom. The van der Waals surface area contributed by atoms with Gasteiger partial charge in [0.1, 0.15) is 11.5 Å². The monoisotopic (exact) mass is 461 g/mol. The highest BCUT2D eigenvalue weighted by molar-refractivity contribution is 5.93. The Morgan fingerprint density at radius 1 is 1.27 bits per heavy atom. The molecule has 9 heteroatoms. The van der Waals surface area contributed by atoms with Crippen LogP contribution >= 0.6 is 0 Å². The van der Waals surface area contributed by atoms with Gasteiger partial charge in [-0.05, 0) is 51.4 Å². The Balaban J connectivity index is 2.28. The molecule has 33 heavy (non-hydrogen) atoms. The molecule has 180 valence electrons. The zero-order chi connectivity index (χ0) is 24.6. The van der Waals surface area contributed by atoms with E-state index >= 15 is 0 Å². The minimum Gasteiger partial charge on any atom is -0.503 e. The third-order valence-corrected chi connectivity index (χ3v) is 6.17. The van der Waals surface area contributed by atoms with E-state index in [2.05, 4.69) is 10.2 Å². The predicted molar refractivity (Wildman–Crippen MR) is 122 cm³/mol. The summed E-state index contributed by atoms with van der Waals surface area (Å²) in [5.74, 6) is -1.47. The maximum absolute atomic E-state index is 13.1. The molecule has 1 amide bonds. The number of hydrogen-bond donors (Lipinski definition) is 2. The fourth-order valence-corrected chi connectivity index (χ4v) is 3.85. The predicted octanol–water partition coefficient (Wildman–Crippen LogP) is 2.31. The lowest BCUT2D eigenvalue weighted by Gasteiger charge is -2.39. The number of nitrogens with one attached hydrogen (secondary N) is 1. The highest BCUT2D eigenvalue weighted by Gasteiger charge is 2.52. The van der Waals surface area contributed by atoms with Crippen molar-refractivity contribution in [2.75, 3.05) is 27.3 Å². The van der Waals surface area contributed by atoms with Crippen molar-refractivity contribution in [3.63, 3.8) is 0 Å². The molecule has 1 saturated carbocycles. The van der Waals surface area contributed by atoms with E-state index in [9.17, 15) is 23.9 Å². The summed E-state index contributed by atoms with van der Waals surface area (Å²) in [6, 6.07) is 5.44. The second-order valence-corrected chi connectivity index (χ2v) is 8.23. The quantitative estimate of drug-likeness (QED) is 0.264. The highest BCUT2D eigenvalue weighted by Crippen LogP contribution is 2.46. The third kappa shape index (κ3) is 6.49. The van der Waals surface area contributed by atoms with E-state index in [1.807, 2.05) is 14.0 Å². The molecule has 0 aromatic heterocycles. The number of nitrogens with zero attached hydrogens (tertiary/aromatic N) is 2. The maximum Gasteiger partial charge on any atom is 0.248 e. The van der Waals surface area contributed by atoms with E-state index in [4.69, 9.17) is 4.74 Å². The van der Waals surface area contributed by atoms with Gasteiger partial charge in [-0.2, -0.15) is 0 Å². The van der Waals surface area contributed by atoms with E-state index in [1.54, 1.807) is 26.2 Å². The lowest BCUT2D eigenvalue weighted by molar-refractivity contribution is -0.117. The number of rotatable bonds is 13. The number of likely N-dealkylation sites (N-methyl/N-ethyl adjacent to an activating group) is 1. The van der Waals surface area contributed by atoms with Crippen LogP contribution in [0.1, 0.15) is 32.3 Å². The van der Waals surface area contributed by atoms with Gasteiger partial charge < -0.3 is 20.1 Å². The van der Waals surface area contributed by atoms with Crippen molar-refractivity contribution in [1.82, 2.24) is 15.1 Å². The van der Waals surface area contributed by atoms with Crippen LogP contribution in [-0.4, -0.2) is 72.3 Å². The van der Waals surface area contributed by atoms with Crippen molar-refractivity contribution < 1.29 is 28.6 Å². The van der Waals surface area contributed by atoms with Crippen LogP contribution in [0.15, 0.2) is 47.5 Å². The standard InChI is InChI=1S/C24H32FN3O5/c1-17(23(32)26-13-19-5-7-20(25)8-6-19)14-28(21(15-29)22(31)16-30)18(2)24(9-10-24)27(3)11-12-33-4/h5-8,14-16,18,31H,9-13H2,1-4H3,(H,26,32)/b17-14+,22-21+/t18-/m0/s1. The number of ether oxygens (including phenoxy) is 1. The van der Waals surface area contributed by atoms with E-state index in [0.29, 0.717) is 19.4 Å². The molecule has 1 atom stereocenters. The van der Waals surface area contributed by atoms with Gasteiger partial charge in [0.15, 0.2) is 18.3 Å². The first-order valence-electron chi connectivity index (χ1n) is 10.7. The van der Waals surface area contributed by atoms with Gasteiger partial charge in [-0.15, -0.1) is 0 Å². The molecular formula is C24H32FN3O5. The summed E-state index contributed by atoms with van der Waals surface area (Å²) in [6.07, 6.45) is 3.78. The molecule has 1 aromatic carbocycles. The number of hydrogen-bond acceptors (Lipinski definition) is 7. The molecule has 0 spiro atoms. The average molecular weight is 462 g/mol. The zero-order valence-corrected chi connectivity index (χ0v) is 19.5. The van der Waals surface area contributed by atoms with Crippen LogP contribution in [0.25, 0.3) is 0 Å². The summed E-state index contributed by atoms with van der Waals surface area (Å²) in [6.45, 7) is 4.85. The molecule has 0 heterocycles.